The van der Waals surface area contributed by atoms with E-state index in [0.29, 0.717) is 6.54 Å². The van der Waals surface area contributed by atoms with Crippen molar-refractivity contribution in [1.29, 1.82) is 0 Å². The fraction of sp³-hybridized carbons (Fsp3) is 0.500. The van der Waals surface area contributed by atoms with Crippen molar-refractivity contribution in [1.82, 2.24) is 0 Å². The number of aliphatic hydroxyl groups is 1. The van der Waals surface area contributed by atoms with Gasteiger partial charge in [-0.25, -0.2) is 0 Å². The first-order valence-electron chi connectivity index (χ1n) is 5.02. The lowest BCUT2D eigenvalue weighted by atomic mass is 9.82. The Morgan fingerprint density at radius 2 is 2.07 bits per heavy atom. The van der Waals surface area contributed by atoms with Crippen LogP contribution in [0, 0.1) is 12.3 Å². The minimum Gasteiger partial charge on any atom is -0.388 e. The van der Waals surface area contributed by atoms with Gasteiger partial charge in [-0.3, -0.25) is 0 Å². The summed E-state index contributed by atoms with van der Waals surface area (Å²) in [4.78, 5) is 0. The molecule has 15 heavy (non-hydrogen) atoms. The van der Waals surface area contributed by atoms with Crippen LogP contribution in [0.25, 0.3) is 0 Å². The topological polar surface area (TPSA) is 46.2 Å². The Labute approximate surface area is 99.6 Å². The van der Waals surface area contributed by atoms with Gasteiger partial charge in [0.05, 0.1) is 6.10 Å². The summed E-state index contributed by atoms with van der Waals surface area (Å²) in [5, 5.41) is 10.2. The van der Waals surface area contributed by atoms with E-state index < -0.39 is 6.10 Å². The van der Waals surface area contributed by atoms with Gasteiger partial charge in [0.1, 0.15) is 0 Å². The molecule has 3 N–H and O–H groups in total. The standard InChI is InChI=1S/C12H18BrNO/c1-8-4-5-9(10(13)6-8)11(15)12(2,3)7-14/h4-6,11,15H,7,14H2,1-3H3. The Morgan fingerprint density at radius 3 is 2.53 bits per heavy atom. The van der Waals surface area contributed by atoms with Gasteiger partial charge < -0.3 is 10.8 Å². The highest BCUT2D eigenvalue weighted by Crippen LogP contribution is 2.36. The van der Waals surface area contributed by atoms with Crippen LogP contribution in [0.3, 0.4) is 0 Å². The lowest BCUT2D eigenvalue weighted by molar-refractivity contribution is 0.0549. The van der Waals surface area contributed by atoms with Crippen LogP contribution in [-0.4, -0.2) is 11.7 Å². The third-order valence-electron chi connectivity index (χ3n) is 2.72. The molecule has 0 spiro atoms. The summed E-state index contributed by atoms with van der Waals surface area (Å²) < 4.78 is 0.941. The van der Waals surface area contributed by atoms with Crippen molar-refractivity contribution in [2.45, 2.75) is 26.9 Å². The zero-order chi connectivity index (χ0) is 11.6. The van der Waals surface area contributed by atoms with E-state index in [1.807, 2.05) is 39.0 Å². The Kier molecular flexibility index (Phi) is 3.93. The highest BCUT2D eigenvalue weighted by molar-refractivity contribution is 9.10. The van der Waals surface area contributed by atoms with Gasteiger partial charge in [-0.05, 0) is 24.1 Å². The second-order valence-electron chi connectivity index (χ2n) is 4.62. The van der Waals surface area contributed by atoms with E-state index in [2.05, 4.69) is 15.9 Å². The minimum atomic E-state index is -0.544. The Hall–Kier alpha value is -0.380. The highest BCUT2D eigenvalue weighted by atomic mass is 79.9. The van der Waals surface area contributed by atoms with Crippen LogP contribution in [0.4, 0.5) is 0 Å². The highest BCUT2D eigenvalue weighted by Gasteiger charge is 2.28. The number of rotatable bonds is 3. The largest absolute Gasteiger partial charge is 0.388 e. The molecule has 0 aromatic heterocycles. The maximum absolute atomic E-state index is 10.2. The first-order chi connectivity index (χ1) is 6.88. The number of aryl methyl sites for hydroxylation is 1. The molecule has 2 nitrogen and oxygen atoms in total. The average Bonchev–Trinajstić information content (AvgIpc) is 2.17. The number of benzene rings is 1. The molecule has 84 valence electrons. The smallest absolute Gasteiger partial charge is 0.0863 e. The van der Waals surface area contributed by atoms with Gasteiger partial charge >= 0.3 is 0 Å². The van der Waals surface area contributed by atoms with Crippen molar-refractivity contribution in [3.8, 4) is 0 Å². The predicted molar refractivity (Wildman–Crippen MR) is 66.7 cm³/mol. The van der Waals surface area contributed by atoms with Crippen LogP contribution in [0.1, 0.15) is 31.1 Å². The SMILES string of the molecule is Cc1ccc(C(O)C(C)(C)CN)c(Br)c1. The van der Waals surface area contributed by atoms with Crippen molar-refractivity contribution in [3.05, 3.63) is 33.8 Å². The van der Waals surface area contributed by atoms with E-state index in [0.717, 1.165) is 10.0 Å². The lowest BCUT2D eigenvalue weighted by Crippen LogP contribution is -2.30. The molecular weight excluding hydrogens is 254 g/mol. The van der Waals surface area contributed by atoms with Gasteiger partial charge in [0.15, 0.2) is 0 Å². The molecule has 1 atom stereocenters. The van der Waals surface area contributed by atoms with Gasteiger partial charge in [-0.15, -0.1) is 0 Å². The van der Waals surface area contributed by atoms with E-state index in [9.17, 15) is 5.11 Å². The molecule has 1 aromatic rings. The zero-order valence-corrected chi connectivity index (χ0v) is 11.0. The molecular formula is C12H18BrNO. The molecule has 0 aliphatic heterocycles. The van der Waals surface area contributed by atoms with Crippen molar-refractivity contribution in [2.75, 3.05) is 6.54 Å². The van der Waals surface area contributed by atoms with Crippen LogP contribution in [0.2, 0.25) is 0 Å². The molecule has 0 saturated carbocycles. The normalized spacial score (nSPS) is 14.0. The number of nitrogens with two attached hydrogens (primary N) is 1. The molecule has 0 amide bonds. The second-order valence-corrected chi connectivity index (χ2v) is 5.47. The number of hydrogen-bond donors (Lipinski definition) is 2. The molecule has 1 rings (SSSR count). The van der Waals surface area contributed by atoms with Crippen molar-refractivity contribution in [3.63, 3.8) is 0 Å². The first kappa shape index (κ1) is 12.7. The number of aliphatic hydroxyl groups excluding tert-OH is 1. The predicted octanol–water partition coefficient (Wildman–Crippen LogP) is 2.78. The molecule has 1 aromatic carbocycles. The quantitative estimate of drug-likeness (QED) is 0.888. The Balaban J connectivity index is 3.06. The maximum Gasteiger partial charge on any atom is 0.0863 e. The van der Waals surface area contributed by atoms with Crippen molar-refractivity contribution < 1.29 is 5.11 Å². The van der Waals surface area contributed by atoms with Gasteiger partial charge in [0.2, 0.25) is 0 Å². The summed E-state index contributed by atoms with van der Waals surface area (Å²) in [5.41, 5.74) is 7.41. The van der Waals surface area contributed by atoms with E-state index in [1.54, 1.807) is 0 Å². The molecule has 1 unspecified atom stereocenters. The molecule has 0 saturated heterocycles. The maximum atomic E-state index is 10.2. The van der Waals surface area contributed by atoms with E-state index in [-0.39, 0.29) is 5.41 Å². The molecule has 0 heterocycles. The van der Waals surface area contributed by atoms with Crippen LogP contribution in [0.15, 0.2) is 22.7 Å². The Morgan fingerprint density at radius 1 is 1.47 bits per heavy atom. The fourth-order valence-electron chi connectivity index (χ4n) is 1.39. The van der Waals surface area contributed by atoms with Crippen LogP contribution in [-0.2, 0) is 0 Å². The van der Waals surface area contributed by atoms with Gasteiger partial charge in [0, 0.05) is 16.4 Å². The number of halogens is 1. The molecule has 0 aliphatic rings. The summed E-state index contributed by atoms with van der Waals surface area (Å²) in [7, 11) is 0. The molecule has 3 heteroatoms. The number of hydrogen-bond acceptors (Lipinski definition) is 2. The zero-order valence-electron chi connectivity index (χ0n) is 9.42. The van der Waals surface area contributed by atoms with Crippen molar-refractivity contribution in [2.24, 2.45) is 11.1 Å². The minimum absolute atomic E-state index is 0.308. The first-order valence-corrected chi connectivity index (χ1v) is 5.82. The summed E-state index contributed by atoms with van der Waals surface area (Å²) >= 11 is 3.47. The van der Waals surface area contributed by atoms with Crippen LogP contribution < -0.4 is 5.73 Å². The Bertz CT molecular complexity index is 349. The monoisotopic (exact) mass is 271 g/mol. The fourth-order valence-corrected chi connectivity index (χ4v) is 2.10. The molecule has 0 fully saturated rings. The van der Waals surface area contributed by atoms with Gasteiger partial charge in [-0.2, -0.15) is 0 Å². The van der Waals surface area contributed by atoms with Gasteiger partial charge in [0.25, 0.3) is 0 Å². The summed E-state index contributed by atoms with van der Waals surface area (Å²) in [6, 6.07) is 5.95. The van der Waals surface area contributed by atoms with E-state index >= 15 is 0 Å². The summed E-state index contributed by atoms with van der Waals surface area (Å²) in [6.45, 7) is 6.40. The third-order valence-corrected chi connectivity index (χ3v) is 3.40. The van der Waals surface area contributed by atoms with Crippen LogP contribution >= 0.6 is 15.9 Å². The lowest BCUT2D eigenvalue weighted by Gasteiger charge is -2.30. The average molecular weight is 272 g/mol. The summed E-state index contributed by atoms with van der Waals surface area (Å²) in [6.07, 6.45) is -0.544. The third kappa shape index (κ3) is 2.80. The van der Waals surface area contributed by atoms with Crippen molar-refractivity contribution >= 4 is 15.9 Å². The molecule has 0 bridgehead atoms. The van der Waals surface area contributed by atoms with Crippen LogP contribution in [0.5, 0.6) is 0 Å². The van der Waals surface area contributed by atoms with E-state index in [1.165, 1.54) is 5.56 Å². The molecule has 0 radical (unpaired) electrons. The van der Waals surface area contributed by atoms with Gasteiger partial charge in [-0.1, -0.05) is 41.9 Å². The van der Waals surface area contributed by atoms with E-state index in [4.69, 9.17) is 5.73 Å². The molecule has 0 aliphatic carbocycles. The summed E-state index contributed by atoms with van der Waals surface area (Å²) in [5.74, 6) is 0. The second kappa shape index (κ2) is 4.64.